The van der Waals surface area contributed by atoms with E-state index in [4.69, 9.17) is 9.47 Å². The van der Waals surface area contributed by atoms with Gasteiger partial charge in [0.15, 0.2) is 17.6 Å². The van der Waals surface area contributed by atoms with Crippen molar-refractivity contribution in [1.29, 1.82) is 0 Å². The van der Waals surface area contributed by atoms with Crippen LogP contribution in [-0.2, 0) is 28.7 Å². The molecule has 0 radical (unpaired) electrons. The van der Waals surface area contributed by atoms with Gasteiger partial charge in [0.2, 0.25) is 0 Å². The molecule has 8 heteroatoms. The van der Waals surface area contributed by atoms with Crippen molar-refractivity contribution in [1.82, 2.24) is 0 Å². The molecule has 1 aliphatic carbocycles. The van der Waals surface area contributed by atoms with Gasteiger partial charge in [-0.3, -0.25) is 9.59 Å². The van der Waals surface area contributed by atoms with E-state index >= 15 is 0 Å². The number of cyclic esters (lactones) is 2. The zero-order chi connectivity index (χ0) is 16.7. The van der Waals surface area contributed by atoms with Gasteiger partial charge in [-0.2, -0.15) is 10.2 Å². The topological polar surface area (TPSA) is 111 Å². The van der Waals surface area contributed by atoms with Crippen molar-refractivity contribution in [3.8, 4) is 0 Å². The number of esters is 2. The van der Waals surface area contributed by atoms with Crippen LogP contribution in [-0.4, -0.2) is 41.4 Å². The normalized spacial score (nSPS) is 26.2. The average Bonchev–Trinajstić information content (AvgIpc) is 2.27. The molecular weight excluding hydrogens is 292 g/mol. The molecule has 0 aromatic rings. The molecule has 2 rings (SSSR count). The fourth-order valence-electron chi connectivity index (χ4n) is 2.45. The van der Waals surface area contributed by atoms with E-state index in [1.807, 2.05) is 13.8 Å². The summed E-state index contributed by atoms with van der Waals surface area (Å²) in [4.78, 5) is 47.3. The number of nitrogens with zero attached hydrogens (tertiary/aromatic N) is 2. The van der Waals surface area contributed by atoms with Gasteiger partial charge in [-0.25, -0.2) is 9.59 Å². The van der Waals surface area contributed by atoms with Gasteiger partial charge in [-0.15, -0.1) is 0 Å². The first-order valence-electron chi connectivity index (χ1n) is 6.92. The number of hydrogen-bond acceptors (Lipinski definition) is 8. The van der Waals surface area contributed by atoms with E-state index in [-0.39, 0.29) is 24.4 Å². The number of carbonyl (C=O) groups excluding carboxylic acids is 4. The summed E-state index contributed by atoms with van der Waals surface area (Å²) < 4.78 is 9.76. The number of rotatable bonds is 2. The second-order valence-corrected chi connectivity index (χ2v) is 6.73. The summed E-state index contributed by atoms with van der Waals surface area (Å²) in [5, 5.41) is 7.12. The molecule has 1 saturated heterocycles. The standard InChI is InChI=1S/C14H18N2O6/c1-13(2)5-7(17)9(8(18)6-13)15-16-10-11(19)21-14(3,4)22-12(10)20/h9-10H,5-6H2,1-4H3. The molecule has 0 spiro atoms. The fourth-order valence-corrected chi connectivity index (χ4v) is 2.45. The van der Waals surface area contributed by atoms with Crippen LogP contribution >= 0.6 is 0 Å². The summed E-state index contributed by atoms with van der Waals surface area (Å²) in [6.45, 7) is 6.45. The Morgan fingerprint density at radius 3 is 1.68 bits per heavy atom. The highest BCUT2D eigenvalue weighted by atomic mass is 16.7. The van der Waals surface area contributed by atoms with Crippen LogP contribution in [0, 0.1) is 5.41 Å². The van der Waals surface area contributed by atoms with E-state index in [0.29, 0.717) is 0 Å². The average molecular weight is 310 g/mol. The minimum Gasteiger partial charge on any atom is -0.421 e. The quantitative estimate of drug-likeness (QED) is 0.427. The Morgan fingerprint density at radius 2 is 1.23 bits per heavy atom. The molecule has 2 aliphatic rings. The zero-order valence-corrected chi connectivity index (χ0v) is 12.9. The smallest absolute Gasteiger partial charge is 0.347 e. The van der Waals surface area contributed by atoms with E-state index in [2.05, 4.69) is 10.2 Å². The van der Waals surface area contributed by atoms with Gasteiger partial charge in [0.05, 0.1) is 0 Å². The van der Waals surface area contributed by atoms with Gasteiger partial charge in [0.1, 0.15) is 0 Å². The van der Waals surface area contributed by atoms with Gasteiger partial charge in [-0.05, 0) is 5.41 Å². The first-order valence-corrected chi connectivity index (χ1v) is 6.92. The molecular formula is C14H18N2O6. The number of Topliss-reactive ketones (excluding diaryl/α,β-unsaturated/α-hetero) is 2. The summed E-state index contributed by atoms with van der Waals surface area (Å²) in [7, 11) is 0. The third-order valence-corrected chi connectivity index (χ3v) is 3.35. The van der Waals surface area contributed by atoms with E-state index in [0.717, 1.165) is 0 Å². The van der Waals surface area contributed by atoms with Crippen LogP contribution in [0.15, 0.2) is 10.2 Å². The van der Waals surface area contributed by atoms with Gasteiger partial charge < -0.3 is 9.47 Å². The molecule has 0 unspecified atom stereocenters. The maximum atomic E-state index is 12.0. The molecule has 22 heavy (non-hydrogen) atoms. The highest BCUT2D eigenvalue weighted by molar-refractivity contribution is 6.09. The van der Waals surface area contributed by atoms with Crippen LogP contribution in [0.3, 0.4) is 0 Å². The number of carbonyl (C=O) groups is 4. The van der Waals surface area contributed by atoms with Gasteiger partial charge in [0, 0.05) is 26.7 Å². The van der Waals surface area contributed by atoms with E-state index in [1.54, 1.807) is 0 Å². The van der Waals surface area contributed by atoms with Crippen molar-refractivity contribution < 1.29 is 28.7 Å². The minimum atomic E-state index is -1.59. The van der Waals surface area contributed by atoms with Gasteiger partial charge in [-0.1, -0.05) is 13.8 Å². The molecule has 2 fully saturated rings. The van der Waals surface area contributed by atoms with Crippen LogP contribution in [0.4, 0.5) is 0 Å². The predicted octanol–water partition coefficient (Wildman–Crippen LogP) is 0.970. The summed E-state index contributed by atoms with van der Waals surface area (Å²) in [6, 6.07) is -2.85. The van der Waals surface area contributed by atoms with Crippen LogP contribution in [0.2, 0.25) is 0 Å². The number of azo groups is 1. The molecule has 0 aromatic carbocycles. The lowest BCUT2D eigenvalue weighted by Gasteiger charge is -2.31. The molecule has 1 heterocycles. The van der Waals surface area contributed by atoms with Crippen molar-refractivity contribution in [3.05, 3.63) is 0 Å². The third-order valence-electron chi connectivity index (χ3n) is 3.35. The Labute approximate surface area is 127 Å². The third kappa shape index (κ3) is 3.37. The SMILES string of the molecule is CC1(C)CC(=O)C(N=NC2C(=O)OC(C)(C)OC2=O)C(=O)C1. The Bertz CT molecular complexity index is 488. The second kappa shape index (κ2) is 5.26. The summed E-state index contributed by atoms with van der Waals surface area (Å²) >= 11 is 0. The van der Waals surface area contributed by atoms with Crippen molar-refractivity contribution in [3.63, 3.8) is 0 Å². The van der Waals surface area contributed by atoms with Crippen molar-refractivity contribution >= 4 is 23.5 Å². The van der Waals surface area contributed by atoms with E-state index < -0.39 is 35.2 Å². The van der Waals surface area contributed by atoms with E-state index in [9.17, 15) is 19.2 Å². The molecule has 0 N–H and O–H groups in total. The lowest BCUT2D eigenvalue weighted by molar-refractivity contribution is -0.234. The molecule has 8 nitrogen and oxygen atoms in total. The molecule has 1 aliphatic heterocycles. The number of hydrogen-bond donors (Lipinski definition) is 0. The molecule has 0 atom stereocenters. The van der Waals surface area contributed by atoms with E-state index in [1.165, 1.54) is 13.8 Å². The molecule has 0 bridgehead atoms. The Kier molecular flexibility index (Phi) is 3.88. The fraction of sp³-hybridized carbons (Fsp3) is 0.714. The van der Waals surface area contributed by atoms with Crippen LogP contribution < -0.4 is 0 Å². The lowest BCUT2D eigenvalue weighted by Crippen LogP contribution is -2.48. The molecule has 1 saturated carbocycles. The van der Waals surface area contributed by atoms with Gasteiger partial charge in [0.25, 0.3) is 11.8 Å². The Morgan fingerprint density at radius 1 is 0.818 bits per heavy atom. The highest BCUT2D eigenvalue weighted by Crippen LogP contribution is 2.32. The van der Waals surface area contributed by atoms with Crippen LogP contribution in [0.25, 0.3) is 0 Å². The van der Waals surface area contributed by atoms with Crippen molar-refractivity contribution in [2.75, 3.05) is 0 Å². The highest BCUT2D eigenvalue weighted by Gasteiger charge is 2.45. The van der Waals surface area contributed by atoms with Crippen molar-refractivity contribution in [2.24, 2.45) is 15.6 Å². The minimum absolute atomic E-state index is 0.190. The molecule has 0 aromatic heterocycles. The number of ether oxygens (including phenoxy) is 2. The maximum Gasteiger partial charge on any atom is 0.347 e. The lowest BCUT2D eigenvalue weighted by atomic mass is 9.74. The van der Waals surface area contributed by atoms with Crippen molar-refractivity contribution in [2.45, 2.75) is 58.4 Å². The zero-order valence-electron chi connectivity index (χ0n) is 12.9. The summed E-state index contributed by atoms with van der Waals surface area (Å²) in [6.07, 6.45) is 0.379. The molecule has 120 valence electrons. The maximum absolute atomic E-state index is 12.0. The van der Waals surface area contributed by atoms with Crippen LogP contribution in [0.1, 0.15) is 40.5 Å². The summed E-state index contributed by atoms with van der Waals surface area (Å²) in [5.74, 6) is -3.94. The first kappa shape index (κ1) is 16.3. The Hall–Kier alpha value is -2.12. The van der Waals surface area contributed by atoms with Crippen LogP contribution in [0.5, 0.6) is 0 Å². The molecule has 0 amide bonds. The number of ketones is 2. The predicted molar refractivity (Wildman–Crippen MR) is 71.7 cm³/mol. The first-order chi connectivity index (χ1) is 10.0. The monoisotopic (exact) mass is 310 g/mol. The van der Waals surface area contributed by atoms with Gasteiger partial charge >= 0.3 is 11.9 Å². The second-order valence-electron chi connectivity index (χ2n) is 6.73. The Balaban J connectivity index is 2.12. The largest absolute Gasteiger partial charge is 0.421 e. The summed E-state index contributed by atoms with van der Waals surface area (Å²) in [5.41, 5.74) is -0.410.